The second-order valence-electron chi connectivity index (χ2n) is 18.9. The number of piperazine rings is 1. The molecule has 1 aliphatic carbocycles. The molecule has 366 valence electrons. The van der Waals surface area contributed by atoms with Crippen molar-refractivity contribution in [2.75, 3.05) is 56.8 Å². The van der Waals surface area contributed by atoms with E-state index in [1.54, 1.807) is 26.4 Å². The summed E-state index contributed by atoms with van der Waals surface area (Å²) >= 11 is 1.50. The van der Waals surface area contributed by atoms with E-state index in [9.17, 15) is 13.2 Å². The van der Waals surface area contributed by atoms with Crippen molar-refractivity contribution in [1.29, 1.82) is 0 Å². The monoisotopic (exact) mass is 974 g/mol. The zero-order valence-electron chi connectivity index (χ0n) is 41.2. The van der Waals surface area contributed by atoms with Crippen LogP contribution in [0.2, 0.25) is 0 Å². The Morgan fingerprint density at radius 1 is 0.662 bits per heavy atom. The summed E-state index contributed by atoms with van der Waals surface area (Å²) in [5, 5.41) is 2.05. The molecule has 10 heteroatoms. The van der Waals surface area contributed by atoms with E-state index in [1.165, 1.54) is 51.8 Å². The van der Waals surface area contributed by atoms with Gasteiger partial charge in [-0.25, -0.2) is 0 Å². The van der Waals surface area contributed by atoms with Gasteiger partial charge in [0.25, 0.3) is 0 Å². The topological polar surface area (TPSA) is 43.4 Å². The molecule has 7 aromatic rings. The Bertz CT molecular complexity index is 3030. The number of para-hydroxylation sites is 1. The van der Waals surface area contributed by atoms with Crippen LogP contribution in [-0.4, -0.2) is 47.0 Å². The third-order valence-electron chi connectivity index (χ3n) is 14.7. The summed E-state index contributed by atoms with van der Waals surface area (Å²) in [4.78, 5) is 6.64. The number of unbranched alkanes of at least 4 members (excludes halogenated alkanes) is 1. The minimum Gasteiger partial charge on any atom is -0.497 e. The normalized spacial score (nSPS) is 16.8. The van der Waals surface area contributed by atoms with Crippen LogP contribution in [0.15, 0.2) is 149 Å². The Kier molecular flexibility index (Phi) is 13.5. The van der Waals surface area contributed by atoms with Crippen molar-refractivity contribution in [2.24, 2.45) is 0 Å². The fraction of sp³-hybridized carbons (Fsp3) is 0.311. The van der Waals surface area contributed by atoms with Gasteiger partial charge in [-0.2, -0.15) is 13.2 Å². The number of methoxy groups -OCH3 is 2. The molecule has 10 rings (SSSR count). The number of halogens is 3. The van der Waals surface area contributed by atoms with Crippen molar-refractivity contribution in [3.05, 3.63) is 173 Å². The van der Waals surface area contributed by atoms with E-state index in [0.717, 1.165) is 131 Å². The van der Waals surface area contributed by atoms with Crippen LogP contribution in [0.25, 0.3) is 28.0 Å². The lowest BCUT2D eigenvalue weighted by molar-refractivity contribution is -0.137. The predicted octanol–water partition coefficient (Wildman–Crippen LogP) is 15.7. The molecule has 0 spiro atoms. The largest absolute Gasteiger partial charge is 0.497 e. The standard InChI is InChI=1S/C61H61F3N2O4S/c1-6-9-37-69-46-23-17-42(18-24-46)60(41-15-21-45(67-4)22-16-41)32-29-50-57-56(49-28-27-48(38-53(49)59(57,30-7-2)31-8-3)71-47-25-19-43(20-26-47)61(62,63)64)51-39-54(55(68-5)40-52(51)58(50)70-60)66-35-33-65(34-36-66)44-13-11-10-12-14-44/h10-29,32,38-40H,6-9,30-31,33-37H2,1-5H3. The Morgan fingerprint density at radius 3 is 1.93 bits per heavy atom. The number of ether oxygens (including phenoxy) is 4. The highest BCUT2D eigenvalue weighted by atomic mass is 32.2. The maximum absolute atomic E-state index is 13.6. The quantitative estimate of drug-likeness (QED) is 0.0894. The molecule has 1 atom stereocenters. The summed E-state index contributed by atoms with van der Waals surface area (Å²) in [7, 11) is 3.44. The molecule has 71 heavy (non-hydrogen) atoms. The van der Waals surface area contributed by atoms with Crippen LogP contribution >= 0.6 is 11.8 Å². The second-order valence-corrected chi connectivity index (χ2v) is 20.1. The van der Waals surface area contributed by atoms with Gasteiger partial charge in [0, 0.05) is 69.1 Å². The lowest BCUT2D eigenvalue weighted by atomic mass is 9.69. The van der Waals surface area contributed by atoms with Crippen molar-refractivity contribution >= 4 is 40.0 Å². The third kappa shape index (κ3) is 8.87. The smallest absolute Gasteiger partial charge is 0.416 e. The van der Waals surface area contributed by atoms with Gasteiger partial charge in [-0.05, 0) is 138 Å². The van der Waals surface area contributed by atoms with Gasteiger partial charge in [-0.3, -0.25) is 0 Å². The number of anilines is 2. The van der Waals surface area contributed by atoms with Crippen LogP contribution in [0.4, 0.5) is 24.5 Å². The molecule has 1 unspecified atom stereocenters. The van der Waals surface area contributed by atoms with Crippen LogP contribution in [-0.2, 0) is 17.2 Å². The van der Waals surface area contributed by atoms with Gasteiger partial charge >= 0.3 is 6.18 Å². The van der Waals surface area contributed by atoms with Gasteiger partial charge in [-0.1, -0.05) is 106 Å². The molecule has 0 radical (unpaired) electrons. The fourth-order valence-corrected chi connectivity index (χ4v) is 12.2. The lowest BCUT2D eigenvalue weighted by Gasteiger charge is -2.40. The van der Waals surface area contributed by atoms with Crippen molar-refractivity contribution in [1.82, 2.24) is 0 Å². The molecule has 1 saturated heterocycles. The zero-order chi connectivity index (χ0) is 49.3. The number of hydrogen-bond donors (Lipinski definition) is 0. The number of alkyl halides is 3. The van der Waals surface area contributed by atoms with Crippen molar-refractivity contribution in [2.45, 2.75) is 86.3 Å². The molecule has 0 saturated carbocycles. The third-order valence-corrected chi connectivity index (χ3v) is 15.7. The lowest BCUT2D eigenvalue weighted by Crippen LogP contribution is -2.46. The Morgan fingerprint density at radius 2 is 1.31 bits per heavy atom. The van der Waals surface area contributed by atoms with Crippen LogP contribution in [0.5, 0.6) is 23.0 Å². The second kappa shape index (κ2) is 19.9. The summed E-state index contributed by atoms with van der Waals surface area (Å²) in [5.41, 5.74) is 8.05. The number of rotatable bonds is 16. The molecule has 7 aromatic carbocycles. The average Bonchev–Trinajstić information content (AvgIpc) is 3.67. The Balaban J connectivity index is 1.19. The molecule has 0 N–H and O–H groups in total. The van der Waals surface area contributed by atoms with E-state index >= 15 is 0 Å². The highest BCUT2D eigenvalue weighted by Crippen LogP contribution is 2.62. The maximum Gasteiger partial charge on any atom is 0.416 e. The van der Waals surface area contributed by atoms with Crippen molar-refractivity contribution in [3.8, 4) is 34.1 Å². The fourth-order valence-electron chi connectivity index (χ4n) is 11.3. The van der Waals surface area contributed by atoms with Gasteiger partial charge < -0.3 is 28.7 Å². The SMILES string of the molecule is CCCCOc1ccc(C2(c3ccc(OC)cc3)C=Cc3c4c(c5cc(N6CCN(c7ccccc7)CC6)c(OC)cc5c3O2)-c2ccc(Sc3ccc(C(F)(F)F)cc3)cc2C4(CCC)CCC)cc1. The molecule has 1 fully saturated rings. The number of benzene rings is 7. The molecule has 0 aromatic heterocycles. The highest BCUT2D eigenvalue weighted by molar-refractivity contribution is 7.99. The molecule has 3 aliphatic rings. The van der Waals surface area contributed by atoms with Crippen molar-refractivity contribution < 1.29 is 32.1 Å². The minimum atomic E-state index is -4.40. The first-order valence-electron chi connectivity index (χ1n) is 25.1. The summed E-state index contributed by atoms with van der Waals surface area (Å²) in [6.07, 6.45) is 5.84. The van der Waals surface area contributed by atoms with E-state index in [1.807, 2.05) is 24.3 Å². The van der Waals surface area contributed by atoms with Crippen LogP contribution < -0.4 is 28.7 Å². The molecule has 0 bridgehead atoms. The first-order chi connectivity index (χ1) is 34.5. The van der Waals surface area contributed by atoms with Crippen molar-refractivity contribution in [3.63, 3.8) is 0 Å². The van der Waals surface area contributed by atoms with Crippen LogP contribution in [0, 0.1) is 0 Å². The van der Waals surface area contributed by atoms with E-state index < -0.39 is 22.8 Å². The highest BCUT2D eigenvalue weighted by Gasteiger charge is 2.48. The van der Waals surface area contributed by atoms with Gasteiger partial charge in [0.15, 0.2) is 5.60 Å². The Hall–Kier alpha value is -6.52. The average molecular weight is 975 g/mol. The van der Waals surface area contributed by atoms with Gasteiger partial charge in [0.05, 0.1) is 32.1 Å². The van der Waals surface area contributed by atoms with Gasteiger partial charge in [-0.15, -0.1) is 0 Å². The molecule has 6 nitrogen and oxygen atoms in total. The zero-order valence-corrected chi connectivity index (χ0v) is 42.0. The number of hydrogen-bond acceptors (Lipinski definition) is 7. The minimum absolute atomic E-state index is 0.393. The van der Waals surface area contributed by atoms with Gasteiger partial charge in [0.1, 0.15) is 23.0 Å². The first kappa shape index (κ1) is 48.1. The maximum atomic E-state index is 13.6. The van der Waals surface area contributed by atoms with Crippen LogP contribution in [0.3, 0.4) is 0 Å². The summed E-state index contributed by atoms with van der Waals surface area (Å²) in [6, 6.07) is 43.8. The van der Waals surface area contributed by atoms with E-state index in [-0.39, 0.29) is 0 Å². The van der Waals surface area contributed by atoms with Crippen LogP contribution in [0.1, 0.15) is 92.7 Å². The first-order valence-corrected chi connectivity index (χ1v) is 25.9. The summed E-state index contributed by atoms with van der Waals surface area (Å²) < 4.78 is 66.9. The van der Waals surface area contributed by atoms with E-state index in [0.29, 0.717) is 6.61 Å². The van der Waals surface area contributed by atoms with E-state index in [4.69, 9.17) is 18.9 Å². The molecular formula is C61H61F3N2O4S. The Labute approximate surface area is 420 Å². The number of nitrogens with zero attached hydrogens (tertiary/aromatic N) is 2. The summed E-state index contributed by atoms with van der Waals surface area (Å²) in [6.45, 7) is 10.7. The summed E-state index contributed by atoms with van der Waals surface area (Å²) in [5.74, 6) is 3.15. The van der Waals surface area contributed by atoms with Gasteiger partial charge in [0.2, 0.25) is 0 Å². The molecule has 2 aliphatic heterocycles. The molecule has 0 amide bonds. The predicted molar refractivity (Wildman–Crippen MR) is 283 cm³/mol. The number of fused-ring (bicyclic) bond motifs is 8. The van der Waals surface area contributed by atoms with E-state index in [2.05, 4.69) is 128 Å². The molecular weight excluding hydrogens is 914 g/mol. The molecule has 2 heterocycles.